The van der Waals surface area contributed by atoms with E-state index in [1.165, 1.54) is 0 Å². The molecule has 0 saturated heterocycles. The fraction of sp³-hybridized carbons (Fsp3) is 0.643. The van der Waals surface area contributed by atoms with Gasteiger partial charge in [-0.1, -0.05) is 13.8 Å². The molecule has 1 unspecified atom stereocenters. The number of nitrogens with zero attached hydrogens (tertiary/aromatic N) is 3. The van der Waals surface area contributed by atoms with Gasteiger partial charge < -0.3 is 10.6 Å². The van der Waals surface area contributed by atoms with Gasteiger partial charge in [0, 0.05) is 18.4 Å². The number of carbonyl (C=O) groups is 1. The van der Waals surface area contributed by atoms with E-state index in [0.29, 0.717) is 6.04 Å². The van der Waals surface area contributed by atoms with E-state index in [4.69, 9.17) is 5.73 Å². The fourth-order valence-corrected chi connectivity index (χ4v) is 2.17. The van der Waals surface area contributed by atoms with Crippen molar-refractivity contribution in [2.24, 2.45) is 11.7 Å². The Hall–Kier alpha value is -1.49. The molecule has 0 radical (unpaired) electrons. The minimum absolute atomic E-state index is 0.0238. The van der Waals surface area contributed by atoms with Gasteiger partial charge in [-0.25, -0.2) is 0 Å². The van der Waals surface area contributed by atoms with Crippen LogP contribution in [0.1, 0.15) is 45.3 Å². The maximum absolute atomic E-state index is 12.5. The van der Waals surface area contributed by atoms with Gasteiger partial charge in [0.1, 0.15) is 0 Å². The van der Waals surface area contributed by atoms with Crippen LogP contribution in [0.2, 0.25) is 0 Å². The smallest absolute Gasteiger partial charge is 0.240 e. The molecule has 1 amide bonds. The molecule has 104 valence electrons. The molecule has 2 N–H and O–H groups in total. The van der Waals surface area contributed by atoms with Crippen LogP contribution in [-0.2, 0) is 4.79 Å². The predicted molar refractivity (Wildman–Crippen MR) is 73.1 cm³/mol. The highest BCUT2D eigenvalue weighted by Gasteiger charge is 2.39. The van der Waals surface area contributed by atoms with Crippen molar-refractivity contribution in [3.8, 4) is 0 Å². The molecule has 1 fully saturated rings. The lowest BCUT2D eigenvalue weighted by Gasteiger charge is -2.32. The van der Waals surface area contributed by atoms with Gasteiger partial charge in [-0.15, -0.1) is 0 Å². The number of rotatable bonds is 5. The van der Waals surface area contributed by atoms with E-state index in [1.807, 2.05) is 25.7 Å². The molecule has 1 saturated carbocycles. The summed E-state index contributed by atoms with van der Waals surface area (Å²) >= 11 is 0. The molecule has 1 aliphatic carbocycles. The number of carbonyl (C=O) groups excluding carboxylic acids is 1. The van der Waals surface area contributed by atoms with Crippen molar-refractivity contribution in [2.75, 3.05) is 0 Å². The SMILES string of the molecule is CC(C)C(N)C(=O)N(C1CC1)[C@@H](C)c1cnccn1. The number of amides is 1. The zero-order chi connectivity index (χ0) is 14.0. The number of nitrogens with two attached hydrogens (primary N) is 1. The topological polar surface area (TPSA) is 72.1 Å². The van der Waals surface area contributed by atoms with Crippen LogP contribution < -0.4 is 5.73 Å². The van der Waals surface area contributed by atoms with Gasteiger partial charge in [0.05, 0.1) is 24.0 Å². The largest absolute Gasteiger partial charge is 0.330 e. The number of hydrogen-bond acceptors (Lipinski definition) is 4. The van der Waals surface area contributed by atoms with Crippen molar-refractivity contribution < 1.29 is 4.79 Å². The maximum Gasteiger partial charge on any atom is 0.240 e. The van der Waals surface area contributed by atoms with E-state index in [9.17, 15) is 4.79 Å². The Morgan fingerprint density at radius 2 is 2.05 bits per heavy atom. The molecule has 1 heterocycles. The average molecular weight is 262 g/mol. The molecule has 2 atom stereocenters. The first-order valence-corrected chi connectivity index (χ1v) is 6.86. The third-order valence-corrected chi connectivity index (χ3v) is 3.63. The first-order valence-electron chi connectivity index (χ1n) is 6.86. The lowest BCUT2D eigenvalue weighted by atomic mass is 10.0. The first-order chi connectivity index (χ1) is 9.02. The van der Waals surface area contributed by atoms with Crippen LogP contribution in [0, 0.1) is 5.92 Å². The lowest BCUT2D eigenvalue weighted by Crippen LogP contribution is -2.48. The molecule has 19 heavy (non-hydrogen) atoms. The van der Waals surface area contributed by atoms with E-state index >= 15 is 0 Å². The molecule has 0 spiro atoms. The highest BCUT2D eigenvalue weighted by Crippen LogP contribution is 2.34. The third kappa shape index (κ3) is 3.10. The zero-order valence-electron chi connectivity index (χ0n) is 11.8. The Labute approximate surface area is 114 Å². The highest BCUT2D eigenvalue weighted by molar-refractivity contribution is 5.82. The Balaban J connectivity index is 2.19. The number of aromatic nitrogens is 2. The minimum Gasteiger partial charge on any atom is -0.330 e. The van der Waals surface area contributed by atoms with Crippen molar-refractivity contribution >= 4 is 5.91 Å². The molecule has 0 aliphatic heterocycles. The van der Waals surface area contributed by atoms with Crippen LogP contribution in [0.25, 0.3) is 0 Å². The monoisotopic (exact) mass is 262 g/mol. The third-order valence-electron chi connectivity index (χ3n) is 3.63. The highest BCUT2D eigenvalue weighted by atomic mass is 16.2. The Kier molecular flexibility index (Phi) is 4.14. The summed E-state index contributed by atoms with van der Waals surface area (Å²) in [6.07, 6.45) is 7.12. The van der Waals surface area contributed by atoms with E-state index in [1.54, 1.807) is 18.6 Å². The van der Waals surface area contributed by atoms with Crippen molar-refractivity contribution in [3.05, 3.63) is 24.3 Å². The summed E-state index contributed by atoms with van der Waals surface area (Å²) in [5.41, 5.74) is 6.83. The maximum atomic E-state index is 12.5. The van der Waals surface area contributed by atoms with Crippen molar-refractivity contribution in [3.63, 3.8) is 0 Å². The van der Waals surface area contributed by atoms with Gasteiger partial charge in [-0.3, -0.25) is 14.8 Å². The van der Waals surface area contributed by atoms with Gasteiger partial charge in [0.25, 0.3) is 0 Å². The van der Waals surface area contributed by atoms with Gasteiger partial charge in [-0.2, -0.15) is 0 Å². The second-order valence-corrected chi connectivity index (χ2v) is 5.55. The van der Waals surface area contributed by atoms with Gasteiger partial charge in [0.15, 0.2) is 0 Å². The Bertz CT molecular complexity index is 430. The summed E-state index contributed by atoms with van der Waals surface area (Å²) in [5.74, 6) is 0.165. The Morgan fingerprint density at radius 3 is 2.53 bits per heavy atom. The molecular formula is C14H22N4O. The van der Waals surface area contributed by atoms with Gasteiger partial charge >= 0.3 is 0 Å². The van der Waals surface area contributed by atoms with Crippen molar-refractivity contribution in [2.45, 2.75) is 51.7 Å². The summed E-state index contributed by atoms with van der Waals surface area (Å²) in [7, 11) is 0. The van der Waals surface area contributed by atoms with Crippen molar-refractivity contribution in [1.29, 1.82) is 0 Å². The second kappa shape index (κ2) is 5.65. The molecule has 0 aromatic carbocycles. The van der Waals surface area contributed by atoms with Gasteiger partial charge in [0.2, 0.25) is 5.91 Å². The molecule has 5 nitrogen and oxygen atoms in total. The molecule has 1 aliphatic rings. The number of hydrogen-bond donors (Lipinski definition) is 1. The predicted octanol–water partition coefficient (Wildman–Crippen LogP) is 1.51. The van der Waals surface area contributed by atoms with E-state index in [-0.39, 0.29) is 17.9 Å². The van der Waals surface area contributed by atoms with Crippen LogP contribution in [0.4, 0.5) is 0 Å². The summed E-state index contributed by atoms with van der Waals surface area (Å²) < 4.78 is 0. The van der Waals surface area contributed by atoms with Crippen LogP contribution in [0.5, 0.6) is 0 Å². The fourth-order valence-electron chi connectivity index (χ4n) is 2.17. The molecule has 0 bridgehead atoms. The van der Waals surface area contributed by atoms with E-state index < -0.39 is 6.04 Å². The molecule has 5 heteroatoms. The summed E-state index contributed by atoms with van der Waals surface area (Å²) in [4.78, 5) is 22.8. The van der Waals surface area contributed by atoms with Crippen LogP contribution >= 0.6 is 0 Å². The second-order valence-electron chi connectivity index (χ2n) is 5.55. The Morgan fingerprint density at radius 1 is 1.37 bits per heavy atom. The summed E-state index contributed by atoms with van der Waals surface area (Å²) in [6.45, 7) is 5.94. The van der Waals surface area contributed by atoms with Gasteiger partial charge in [-0.05, 0) is 25.7 Å². The molecule has 1 aromatic heterocycles. The summed E-state index contributed by atoms with van der Waals surface area (Å²) in [6, 6.07) is -0.201. The van der Waals surface area contributed by atoms with Crippen molar-refractivity contribution in [1.82, 2.24) is 14.9 Å². The lowest BCUT2D eigenvalue weighted by molar-refractivity contribution is -0.136. The standard InChI is InChI=1S/C14H22N4O/c1-9(2)13(15)14(19)18(11-4-5-11)10(3)12-8-16-6-7-17-12/h6-11,13H,4-5,15H2,1-3H3/t10-,13?/m0/s1. The minimum atomic E-state index is -0.445. The molecular weight excluding hydrogens is 240 g/mol. The summed E-state index contributed by atoms with van der Waals surface area (Å²) in [5, 5.41) is 0. The van der Waals surface area contributed by atoms with E-state index in [2.05, 4.69) is 9.97 Å². The quantitative estimate of drug-likeness (QED) is 0.873. The van der Waals surface area contributed by atoms with E-state index in [0.717, 1.165) is 18.5 Å². The normalized spacial score (nSPS) is 18.2. The molecule has 1 aromatic rings. The zero-order valence-corrected chi connectivity index (χ0v) is 11.8. The first kappa shape index (κ1) is 13.9. The average Bonchev–Trinajstić information content (AvgIpc) is 3.23. The molecule has 2 rings (SSSR count). The van der Waals surface area contributed by atoms with Crippen LogP contribution in [0.3, 0.4) is 0 Å². The van der Waals surface area contributed by atoms with Crippen LogP contribution in [-0.4, -0.2) is 32.9 Å². The van der Waals surface area contributed by atoms with Crippen LogP contribution in [0.15, 0.2) is 18.6 Å².